The lowest BCUT2D eigenvalue weighted by Gasteiger charge is -2.06. The second-order valence-corrected chi connectivity index (χ2v) is 3.94. The van der Waals surface area contributed by atoms with Crippen molar-refractivity contribution in [1.29, 1.82) is 0 Å². The molecule has 0 saturated carbocycles. The van der Waals surface area contributed by atoms with Gasteiger partial charge in [-0.3, -0.25) is 4.98 Å². The number of aliphatic hydroxyl groups is 1. The summed E-state index contributed by atoms with van der Waals surface area (Å²) in [5.74, 6) is 4.31. The number of hydrogen-bond donors (Lipinski definition) is 1. The fourth-order valence-corrected chi connectivity index (χ4v) is 1.57. The Kier molecular flexibility index (Phi) is 4.64. The van der Waals surface area contributed by atoms with E-state index in [1.54, 1.807) is 6.07 Å². The van der Waals surface area contributed by atoms with Gasteiger partial charge in [0.15, 0.2) is 0 Å². The van der Waals surface area contributed by atoms with E-state index in [1.807, 2.05) is 0 Å². The molecule has 0 aliphatic carbocycles. The molecule has 0 spiro atoms. The van der Waals surface area contributed by atoms with Crippen LogP contribution in [-0.2, 0) is 6.61 Å². The summed E-state index contributed by atoms with van der Waals surface area (Å²) in [6, 6.07) is 4.83. The molecule has 1 N–H and O–H groups in total. The van der Waals surface area contributed by atoms with Crippen molar-refractivity contribution in [2.75, 3.05) is 6.61 Å². The Balaban J connectivity index is 2.07. The first-order valence-electron chi connectivity index (χ1n) is 5.80. The third-order valence-electron chi connectivity index (χ3n) is 2.35. The van der Waals surface area contributed by atoms with Gasteiger partial charge in [0, 0.05) is 17.8 Å². The van der Waals surface area contributed by atoms with Crippen molar-refractivity contribution in [3.63, 3.8) is 0 Å². The molecule has 0 unspecified atom stereocenters. The van der Waals surface area contributed by atoms with Gasteiger partial charge >= 0.3 is 0 Å². The maximum atomic E-state index is 13.0. The molecule has 0 atom stereocenters. The number of aromatic nitrogens is 1. The van der Waals surface area contributed by atoms with Crippen LogP contribution in [0.4, 0.5) is 8.78 Å². The molecule has 0 aliphatic heterocycles. The molecular formula is C15H11F2NO2. The zero-order valence-electron chi connectivity index (χ0n) is 10.4. The van der Waals surface area contributed by atoms with E-state index in [0.717, 1.165) is 6.07 Å². The Labute approximate surface area is 114 Å². The predicted octanol–water partition coefficient (Wildman–Crippen LogP) is 2.28. The summed E-state index contributed by atoms with van der Waals surface area (Å²) in [6.07, 6.45) is 3.00. The zero-order chi connectivity index (χ0) is 14.4. The lowest BCUT2D eigenvalue weighted by atomic mass is 10.2. The van der Waals surface area contributed by atoms with Gasteiger partial charge in [0.1, 0.15) is 30.6 Å². The molecule has 1 aromatic carbocycles. The highest BCUT2D eigenvalue weighted by Crippen LogP contribution is 2.14. The number of benzene rings is 1. The molecule has 102 valence electrons. The van der Waals surface area contributed by atoms with Crippen LogP contribution >= 0.6 is 0 Å². The third kappa shape index (κ3) is 4.04. The summed E-state index contributed by atoms with van der Waals surface area (Å²) >= 11 is 0. The second kappa shape index (κ2) is 6.64. The molecule has 0 amide bonds. The van der Waals surface area contributed by atoms with Crippen molar-refractivity contribution >= 4 is 0 Å². The molecule has 1 heterocycles. The summed E-state index contributed by atoms with van der Waals surface area (Å²) in [5, 5.41) is 8.60. The van der Waals surface area contributed by atoms with E-state index in [-0.39, 0.29) is 13.2 Å². The van der Waals surface area contributed by atoms with Gasteiger partial charge in [-0.1, -0.05) is 11.8 Å². The molecule has 0 aliphatic rings. The fourth-order valence-electron chi connectivity index (χ4n) is 1.57. The van der Waals surface area contributed by atoms with Crippen molar-refractivity contribution < 1.29 is 18.6 Å². The first-order chi connectivity index (χ1) is 9.67. The van der Waals surface area contributed by atoms with Crippen LogP contribution in [0.15, 0.2) is 36.7 Å². The minimum atomic E-state index is -0.649. The molecule has 3 nitrogen and oxygen atoms in total. The van der Waals surface area contributed by atoms with Gasteiger partial charge in [-0.15, -0.1) is 0 Å². The number of halogens is 2. The lowest BCUT2D eigenvalue weighted by Crippen LogP contribution is -1.98. The standard InChI is InChI=1S/C15H11F2NO2/c16-13-4-12(5-14(17)7-13)10-20-15-6-11(2-1-3-19)8-18-9-15/h4-9,19H,3,10H2. The van der Waals surface area contributed by atoms with Crippen molar-refractivity contribution in [3.8, 4) is 17.6 Å². The molecular weight excluding hydrogens is 264 g/mol. The minimum Gasteiger partial charge on any atom is -0.487 e. The largest absolute Gasteiger partial charge is 0.487 e. The average Bonchev–Trinajstić information content (AvgIpc) is 2.42. The van der Waals surface area contributed by atoms with Gasteiger partial charge in [0.25, 0.3) is 0 Å². The second-order valence-electron chi connectivity index (χ2n) is 3.94. The number of ether oxygens (including phenoxy) is 1. The van der Waals surface area contributed by atoms with Crippen LogP contribution in [0.5, 0.6) is 5.75 Å². The van der Waals surface area contributed by atoms with E-state index < -0.39 is 11.6 Å². The molecule has 1 aromatic heterocycles. The minimum absolute atomic E-state index is 0.0211. The molecule has 2 aromatic rings. The fraction of sp³-hybridized carbons (Fsp3) is 0.133. The maximum Gasteiger partial charge on any atom is 0.139 e. The smallest absolute Gasteiger partial charge is 0.139 e. The van der Waals surface area contributed by atoms with E-state index in [0.29, 0.717) is 16.9 Å². The van der Waals surface area contributed by atoms with E-state index in [1.165, 1.54) is 24.5 Å². The highest BCUT2D eigenvalue weighted by atomic mass is 19.1. The molecule has 0 saturated heterocycles. The van der Waals surface area contributed by atoms with Gasteiger partial charge in [0.2, 0.25) is 0 Å². The van der Waals surface area contributed by atoms with E-state index >= 15 is 0 Å². The van der Waals surface area contributed by atoms with E-state index in [2.05, 4.69) is 16.8 Å². The average molecular weight is 275 g/mol. The molecule has 0 radical (unpaired) electrons. The molecule has 0 bridgehead atoms. The predicted molar refractivity (Wildman–Crippen MR) is 68.9 cm³/mol. The van der Waals surface area contributed by atoms with Crippen LogP contribution in [0, 0.1) is 23.5 Å². The Hall–Kier alpha value is -2.45. The quantitative estimate of drug-likeness (QED) is 0.874. The van der Waals surface area contributed by atoms with Crippen LogP contribution in [0.2, 0.25) is 0 Å². The summed E-state index contributed by atoms with van der Waals surface area (Å²) in [4.78, 5) is 3.93. The van der Waals surface area contributed by atoms with Crippen LogP contribution in [0.1, 0.15) is 11.1 Å². The van der Waals surface area contributed by atoms with Crippen molar-refractivity contribution in [1.82, 2.24) is 4.98 Å². The van der Waals surface area contributed by atoms with Gasteiger partial charge < -0.3 is 9.84 Å². The molecule has 5 heteroatoms. The van der Waals surface area contributed by atoms with Gasteiger partial charge in [-0.05, 0) is 23.8 Å². The summed E-state index contributed by atoms with van der Waals surface area (Å²) in [5.41, 5.74) is 0.969. The van der Waals surface area contributed by atoms with Crippen LogP contribution in [-0.4, -0.2) is 16.7 Å². The number of pyridine rings is 1. The lowest BCUT2D eigenvalue weighted by molar-refractivity contribution is 0.303. The van der Waals surface area contributed by atoms with E-state index in [4.69, 9.17) is 9.84 Å². The Morgan fingerprint density at radius 1 is 1.10 bits per heavy atom. The van der Waals surface area contributed by atoms with E-state index in [9.17, 15) is 8.78 Å². The monoisotopic (exact) mass is 275 g/mol. The number of nitrogens with zero attached hydrogens (tertiary/aromatic N) is 1. The summed E-state index contributed by atoms with van der Waals surface area (Å²) in [7, 11) is 0. The third-order valence-corrected chi connectivity index (χ3v) is 2.35. The summed E-state index contributed by atoms with van der Waals surface area (Å²) in [6.45, 7) is -0.221. The Bertz CT molecular complexity index is 642. The maximum absolute atomic E-state index is 13.0. The molecule has 20 heavy (non-hydrogen) atoms. The number of hydrogen-bond acceptors (Lipinski definition) is 3. The highest BCUT2D eigenvalue weighted by molar-refractivity contribution is 5.36. The van der Waals surface area contributed by atoms with Crippen LogP contribution in [0.25, 0.3) is 0 Å². The van der Waals surface area contributed by atoms with Gasteiger partial charge in [-0.2, -0.15) is 0 Å². The number of aliphatic hydroxyl groups excluding tert-OH is 1. The topological polar surface area (TPSA) is 42.4 Å². The van der Waals surface area contributed by atoms with Crippen molar-refractivity contribution in [3.05, 3.63) is 59.4 Å². The van der Waals surface area contributed by atoms with Crippen molar-refractivity contribution in [2.24, 2.45) is 0 Å². The number of rotatable bonds is 3. The Morgan fingerprint density at radius 3 is 2.55 bits per heavy atom. The normalized spacial score (nSPS) is 9.75. The SMILES string of the molecule is OCC#Cc1cncc(OCc2cc(F)cc(F)c2)c1. The van der Waals surface area contributed by atoms with Crippen LogP contribution < -0.4 is 4.74 Å². The van der Waals surface area contributed by atoms with Gasteiger partial charge in [0.05, 0.1) is 6.20 Å². The zero-order valence-corrected chi connectivity index (χ0v) is 10.4. The van der Waals surface area contributed by atoms with Crippen LogP contribution in [0.3, 0.4) is 0 Å². The first kappa shape index (κ1) is 14.0. The van der Waals surface area contributed by atoms with Gasteiger partial charge in [-0.25, -0.2) is 8.78 Å². The van der Waals surface area contributed by atoms with Crippen molar-refractivity contribution in [2.45, 2.75) is 6.61 Å². The Morgan fingerprint density at radius 2 is 1.85 bits per heavy atom. The highest BCUT2D eigenvalue weighted by Gasteiger charge is 2.02. The molecule has 2 rings (SSSR count). The molecule has 0 fully saturated rings. The first-order valence-corrected chi connectivity index (χ1v) is 5.80. The summed E-state index contributed by atoms with van der Waals surface area (Å²) < 4.78 is 31.4.